The van der Waals surface area contributed by atoms with Crippen molar-refractivity contribution in [2.45, 2.75) is 43.8 Å². The number of ether oxygens (including phenoxy) is 1. The molecule has 0 radical (unpaired) electrons. The number of benzene rings is 2. The Labute approximate surface area is 167 Å². The molecular formula is C24H29NO3. The lowest BCUT2D eigenvalue weighted by Gasteiger charge is -2.56. The van der Waals surface area contributed by atoms with E-state index in [0.717, 1.165) is 12.8 Å². The third kappa shape index (κ3) is 3.47. The molecule has 2 aromatic rings. The van der Waals surface area contributed by atoms with Crippen molar-refractivity contribution >= 4 is 5.91 Å². The molecule has 2 atom stereocenters. The van der Waals surface area contributed by atoms with Crippen LogP contribution in [0.15, 0.2) is 60.7 Å². The molecule has 4 heteroatoms. The Morgan fingerprint density at radius 3 is 2.07 bits per heavy atom. The summed E-state index contributed by atoms with van der Waals surface area (Å²) in [5.74, 6) is 0.252. The van der Waals surface area contributed by atoms with Crippen LogP contribution >= 0.6 is 0 Å². The average molecular weight is 380 g/mol. The molecule has 1 aliphatic carbocycles. The first kappa shape index (κ1) is 19.2. The van der Waals surface area contributed by atoms with Gasteiger partial charge in [0.1, 0.15) is 0 Å². The third-order valence-corrected chi connectivity index (χ3v) is 6.86. The zero-order chi connectivity index (χ0) is 19.6. The Morgan fingerprint density at radius 2 is 1.61 bits per heavy atom. The second-order valence-corrected chi connectivity index (χ2v) is 8.17. The van der Waals surface area contributed by atoms with Gasteiger partial charge in [-0.2, -0.15) is 0 Å². The molecule has 0 aromatic heterocycles. The first-order chi connectivity index (χ1) is 13.6. The fourth-order valence-electron chi connectivity index (χ4n) is 4.99. The summed E-state index contributed by atoms with van der Waals surface area (Å²) in [7, 11) is 1.72. The topological polar surface area (TPSA) is 49.8 Å². The number of carbonyl (C=O) groups excluding carboxylic acids is 1. The maximum absolute atomic E-state index is 13.1. The van der Waals surface area contributed by atoms with Gasteiger partial charge < -0.3 is 14.7 Å². The zero-order valence-corrected chi connectivity index (χ0v) is 16.5. The molecule has 0 unspecified atom stereocenters. The number of likely N-dealkylation sites (tertiary alicyclic amines) is 1. The molecule has 2 aliphatic rings. The van der Waals surface area contributed by atoms with E-state index in [-0.39, 0.29) is 29.4 Å². The SMILES string of the molecule is CO[C@H]1C[C@@H](O)C12CCN(C(=O)CC(c1ccccc1)c1ccccc1)CC2. The van der Waals surface area contributed by atoms with Crippen LogP contribution in [0.25, 0.3) is 0 Å². The number of piperidine rings is 1. The van der Waals surface area contributed by atoms with Crippen LogP contribution < -0.4 is 0 Å². The number of hydrogen-bond donors (Lipinski definition) is 1. The minimum absolute atomic E-state index is 0.0619. The molecule has 2 fully saturated rings. The quantitative estimate of drug-likeness (QED) is 0.864. The van der Waals surface area contributed by atoms with Crippen LogP contribution in [-0.2, 0) is 9.53 Å². The minimum atomic E-state index is -0.295. The van der Waals surface area contributed by atoms with Gasteiger partial charge in [0, 0.05) is 44.4 Å². The van der Waals surface area contributed by atoms with Crippen LogP contribution in [0.5, 0.6) is 0 Å². The zero-order valence-electron chi connectivity index (χ0n) is 16.5. The Morgan fingerprint density at radius 1 is 1.07 bits per heavy atom. The Balaban J connectivity index is 1.46. The summed E-state index contributed by atoms with van der Waals surface area (Å²) < 4.78 is 5.56. The fourth-order valence-corrected chi connectivity index (χ4v) is 4.99. The molecule has 1 aliphatic heterocycles. The van der Waals surface area contributed by atoms with Crippen molar-refractivity contribution in [2.75, 3.05) is 20.2 Å². The van der Waals surface area contributed by atoms with Gasteiger partial charge in [0.2, 0.25) is 5.91 Å². The summed E-state index contributed by atoms with van der Waals surface area (Å²) in [4.78, 5) is 15.1. The lowest BCUT2D eigenvalue weighted by molar-refractivity contribution is -0.202. The number of amides is 1. The second kappa shape index (κ2) is 8.06. The highest BCUT2D eigenvalue weighted by Crippen LogP contribution is 2.50. The third-order valence-electron chi connectivity index (χ3n) is 6.86. The van der Waals surface area contributed by atoms with Crippen molar-refractivity contribution in [3.8, 4) is 0 Å². The smallest absolute Gasteiger partial charge is 0.223 e. The van der Waals surface area contributed by atoms with Crippen LogP contribution in [0, 0.1) is 5.41 Å². The van der Waals surface area contributed by atoms with E-state index in [1.165, 1.54) is 11.1 Å². The number of hydrogen-bond acceptors (Lipinski definition) is 3. The first-order valence-corrected chi connectivity index (χ1v) is 10.2. The van der Waals surface area contributed by atoms with E-state index >= 15 is 0 Å². The Hall–Kier alpha value is -2.17. The van der Waals surface area contributed by atoms with Gasteiger partial charge in [-0.15, -0.1) is 0 Å². The maximum Gasteiger partial charge on any atom is 0.223 e. The lowest BCUT2D eigenvalue weighted by Crippen LogP contribution is -2.62. The molecule has 4 nitrogen and oxygen atoms in total. The van der Waals surface area contributed by atoms with E-state index in [4.69, 9.17) is 4.74 Å². The Kier molecular flexibility index (Phi) is 5.51. The van der Waals surface area contributed by atoms with Gasteiger partial charge in [0.25, 0.3) is 0 Å². The largest absolute Gasteiger partial charge is 0.392 e. The molecule has 1 heterocycles. The van der Waals surface area contributed by atoms with Crippen molar-refractivity contribution in [2.24, 2.45) is 5.41 Å². The van der Waals surface area contributed by atoms with Crippen molar-refractivity contribution < 1.29 is 14.6 Å². The molecule has 1 N–H and O–H groups in total. The summed E-state index contributed by atoms with van der Waals surface area (Å²) in [6.45, 7) is 1.40. The predicted molar refractivity (Wildman–Crippen MR) is 109 cm³/mol. The number of aliphatic hydroxyl groups excluding tert-OH is 1. The Bertz CT molecular complexity index is 745. The summed E-state index contributed by atoms with van der Waals surface area (Å²) in [5, 5.41) is 10.3. The van der Waals surface area contributed by atoms with Gasteiger partial charge in [-0.05, 0) is 24.0 Å². The number of carbonyl (C=O) groups is 1. The van der Waals surface area contributed by atoms with Gasteiger partial charge in [-0.3, -0.25) is 4.79 Å². The minimum Gasteiger partial charge on any atom is -0.392 e. The number of aliphatic hydroxyl groups is 1. The summed E-state index contributed by atoms with van der Waals surface area (Å²) in [6, 6.07) is 20.5. The molecule has 1 spiro atoms. The van der Waals surface area contributed by atoms with Gasteiger partial charge in [0.05, 0.1) is 12.2 Å². The first-order valence-electron chi connectivity index (χ1n) is 10.2. The molecule has 0 bridgehead atoms. The van der Waals surface area contributed by atoms with E-state index in [1.807, 2.05) is 41.3 Å². The molecule has 4 rings (SSSR count). The van der Waals surface area contributed by atoms with Crippen LogP contribution in [0.3, 0.4) is 0 Å². The van der Waals surface area contributed by atoms with E-state index in [9.17, 15) is 9.90 Å². The molecule has 28 heavy (non-hydrogen) atoms. The molecule has 148 valence electrons. The fraction of sp³-hybridized carbons (Fsp3) is 0.458. The molecule has 1 saturated heterocycles. The monoisotopic (exact) mass is 379 g/mol. The highest BCUT2D eigenvalue weighted by atomic mass is 16.5. The van der Waals surface area contributed by atoms with Gasteiger partial charge in [-0.25, -0.2) is 0 Å². The summed E-state index contributed by atoms with van der Waals surface area (Å²) in [6.07, 6.45) is 2.66. The summed E-state index contributed by atoms with van der Waals surface area (Å²) >= 11 is 0. The van der Waals surface area contributed by atoms with Gasteiger partial charge in [-0.1, -0.05) is 60.7 Å². The highest BCUT2D eigenvalue weighted by Gasteiger charge is 2.56. The van der Waals surface area contributed by atoms with Crippen LogP contribution in [-0.4, -0.2) is 48.3 Å². The average Bonchev–Trinajstić information content (AvgIpc) is 2.76. The van der Waals surface area contributed by atoms with Crippen molar-refractivity contribution in [3.05, 3.63) is 71.8 Å². The van der Waals surface area contributed by atoms with Crippen LogP contribution in [0.2, 0.25) is 0 Å². The predicted octanol–water partition coefficient (Wildman–Crippen LogP) is 3.60. The van der Waals surface area contributed by atoms with E-state index in [1.54, 1.807) is 7.11 Å². The number of rotatable bonds is 5. The molecular weight excluding hydrogens is 350 g/mol. The van der Waals surface area contributed by atoms with E-state index in [2.05, 4.69) is 24.3 Å². The molecule has 1 saturated carbocycles. The number of nitrogens with zero attached hydrogens (tertiary/aromatic N) is 1. The summed E-state index contributed by atoms with van der Waals surface area (Å²) in [5.41, 5.74) is 2.19. The highest BCUT2D eigenvalue weighted by molar-refractivity contribution is 5.78. The van der Waals surface area contributed by atoms with Crippen molar-refractivity contribution in [3.63, 3.8) is 0 Å². The van der Waals surface area contributed by atoms with E-state index < -0.39 is 0 Å². The van der Waals surface area contributed by atoms with Gasteiger partial charge >= 0.3 is 0 Å². The van der Waals surface area contributed by atoms with Crippen LogP contribution in [0.4, 0.5) is 0 Å². The standard InChI is InChI=1S/C24H29NO3/c1-28-22-17-21(26)24(22)12-14-25(15-13-24)23(27)16-20(18-8-4-2-5-9-18)19-10-6-3-7-11-19/h2-11,20-22,26H,12-17H2,1H3/t21-,22+/m1/s1. The lowest BCUT2D eigenvalue weighted by atomic mass is 9.58. The van der Waals surface area contributed by atoms with Crippen molar-refractivity contribution in [1.82, 2.24) is 4.90 Å². The molecule has 2 aromatic carbocycles. The van der Waals surface area contributed by atoms with Crippen molar-refractivity contribution in [1.29, 1.82) is 0 Å². The molecule has 1 amide bonds. The van der Waals surface area contributed by atoms with E-state index in [0.29, 0.717) is 25.9 Å². The second-order valence-electron chi connectivity index (χ2n) is 8.17. The van der Waals surface area contributed by atoms with Gasteiger partial charge in [0.15, 0.2) is 0 Å². The number of methoxy groups -OCH3 is 1. The normalized spacial score (nSPS) is 23.6. The maximum atomic E-state index is 13.1. The van der Waals surface area contributed by atoms with Crippen LogP contribution in [0.1, 0.15) is 42.7 Å².